The Morgan fingerprint density at radius 2 is 1.92 bits per heavy atom. The largest absolute Gasteiger partial charge is 0.241 e. The van der Waals surface area contributed by atoms with Crippen LogP contribution >= 0.6 is 0 Å². The summed E-state index contributed by atoms with van der Waals surface area (Å²) >= 11 is 0. The predicted octanol–water partition coefficient (Wildman–Crippen LogP) is 2.25. The fourth-order valence-corrected chi connectivity index (χ4v) is 1.30. The standard InChI is InChI=1S/C10H10N2/c1-7-3-4-10-9(5-7)8(2)11-6-12-10/h3-6H,1-2H3. The monoisotopic (exact) mass is 158 g/mol. The lowest BCUT2D eigenvalue weighted by Gasteiger charge is -2.00. The quantitative estimate of drug-likeness (QED) is 0.587. The van der Waals surface area contributed by atoms with Crippen LogP contribution in [0.1, 0.15) is 11.3 Å². The Balaban J connectivity index is 2.88. The number of hydrogen-bond acceptors (Lipinski definition) is 2. The third-order valence-electron chi connectivity index (χ3n) is 1.99. The Morgan fingerprint density at radius 3 is 2.75 bits per heavy atom. The molecule has 0 fully saturated rings. The molecule has 60 valence electrons. The molecular weight excluding hydrogens is 148 g/mol. The summed E-state index contributed by atoms with van der Waals surface area (Å²) in [4.78, 5) is 8.31. The zero-order chi connectivity index (χ0) is 8.55. The maximum absolute atomic E-state index is 4.17. The fourth-order valence-electron chi connectivity index (χ4n) is 1.30. The zero-order valence-electron chi connectivity index (χ0n) is 7.20. The fraction of sp³-hybridized carbons (Fsp3) is 0.200. The van der Waals surface area contributed by atoms with Gasteiger partial charge in [0.1, 0.15) is 6.33 Å². The summed E-state index contributed by atoms with van der Waals surface area (Å²) in [6.45, 7) is 4.08. The Morgan fingerprint density at radius 1 is 1.08 bits per heavy atom. The van der Waals surface area contributed by atoms with Crippen LogP contribution in [0.15, 0.2) is 24.5 Å². The van der Waals surface area contributed by atoms with Crippen LogP contribution in [0.5, 0.6) is 0 Å². The van der Waals surface area contributed by atoms with Gasteiger partial charge in [-0.05, 0) is 26.0 Å². The number of rotatable bonds is 0. The van der Waals surface area contributed by atoms with E-state index in [1.54, 1.807) is 6.33 Å². The lowest BCUT2D eigenvalue weighted by Crippen LogP contribution is -1.87. The van der Waals surface area contributed by atoms with Gasteiger partial charge >= 0.3 is 0 Å². The smallest absolute Gasteiger partial charge is 0.116 e. The lowest BCUT2D eigenvalue weighted by molar-refractivity contribution is 1.15. The van der Waals surface area contributed by atoms with Crippen molar-refractivity contribution in [3.8, 4) is 0 Å². The number of aromatic nitrogens is 2. The number of fused-ring (bicyclic) bond motifs is 1. The molecule has 0 aliphatic heterocycles. The minimum absolute atomic E-state index is 1.02. The second-order valence-electron chi connectivity index (χ2n) is 2.98. The molecule has 0 spiro atoms. The molecule has 2 rings (SSSR count). The molecule has 0 radical (unpaired) electrons. The Labute approximate surface area is 71.3 Å². The first-order valence-electron chi connectivity index (χ1n) is 3.95. The van der Waals surface area contributed by atoms with E-state index in [-0.39, 0.29) is 0 Å². The van der Waals surface area contributed by atoms with Crippen molar-refractivity contribution in [3.63, 3.8) is 0 Å². The van der Waals surface area contributed by atoms with Crippen molar-refractivity contribution in [3.05, 3.63) is 35.8 Å². The van der Waals surface area contributed by atoms with Gasteiger partial charge in [0, 0.05) is 11.1 Å². The van der Waals surface area contributed by atoms with Gasteiger partial charge < -0.3 is 0 Å². The minimum atomic E-state index is 1.02. The minimum Gasteiger partial charge on any atom is -0.241 e. The van der Waals surface area contributed by atoms with Gasteiger partial charge in [0.15, 0.2) is 0 Å². The third kappa shape index (κ3) is 1.05. The first kappa shape index (κ1) is 7.22. The summed E-state index contributed by atoms with van der Waals surface area (Å²) in [5, 5.41) is 1.15. The van der Waals surface area contributed by atoms with Crippen LogP contribution in [0, 0.1) is 13.8 Å². The van der Waals surface area contributed by atoms with Gasteiger partial charge in [-0.1, -0.05) is 11.6 Å². The van der Waals surface area contributed by atoms with Crippen molar-refractivity contribution in [1.82, 2.24) is 9.97 Å². The second-order valence-corrected chi connectivity index (χ2v) is 2.98. The van der Waals surface area contributed by atoms with Gasteiger partial charge in [-0.2, -0.15) is 0 Å². The molecule has 0 atom stereocenters. The van der Waals surface area contributed by atoms with Crippen LogP contribution < -0.4 is 0 Å². The summed E-state index contributed by atoms with van der Waals surface area (Å²) in [6.07, 6.45) is 1.60. The number of benzene rings is 1. The molecule has 1 heterocycles. The van der Waals surface area contributed by atoms with Crippen molar-refractivity contribution in [2.24, 2.45) is 0 Å². The van der Waals surface area contributed by atoms with E-state index in [0.717, 1.165) is 16.6 Å². The molecule has 12 heavy (non-hydrogen) atoms. The predicted molar refractivity (Wildman–Crippen MR) is 49.0 cm³/mol. The first-order chi connectivity index (χ1) is 5.77. The average Bonchev–Trinajstić information content (AvgIpc) is 2.07. The summed E-state index contributed by atoms with van der Waals surface area (Å²) in [5.74, 6) is 0. The van der Waals surface area contributed by atoms with E-state index in [0.29, 0.717) is 0 Å². The van der Waals surface area contributed by atoms with E-state index in [2.05, 4.69) is 29.0 Å². The molecule has 0 N–H and O–H groups in total. The second kappa shape index (κ2) is 2.55. The van der Waals surface area contributed by atoms with Crippen LogP contribution in [0.2, 0.25) is 0 Å². The zero-order valence-corrected chi connectivity index (χ0v) is 7.20. The van der Waals surface area contributed by atoms with Gasteiger partial charge in [-0.15, -0.1) is 0 Å². The maximum Gasteiger partial charge on any atom is 0.116 e. The van der Waals surface area contributed by atoms with Gasteiger partial charge in [-0.25, -0.2) is 9.97 Å². The molecule has 0 aliphatic rings. The van der Waals surface area contributed by atoms with Crippen LogP contribution in [0.3, 0.4) is 0 Å². The molecule has 2 heteroatoms. The summed E-state index contributed by atoms with van der Waals surface area (Å²) in [6, 6.07) is 6.21. The van der Waals surface area contributed by atoms with E-state index in [1.807, 2.05) is 13.0 Å². The van der Waals surface area contributed by atoms with Crippen molar-refractivity contribution in [2.45, 2.75) is 13.8 Å². The van der Waals surface area contributed by atoms with Crippen molar-refractivity contribution >= 4 is 10.9 Å². The van der Waals surface area contributed by atoms with Crippen LogP contribution in [-0.4, -0.2) is 9.97 Å². The van der Waals surface area contributed by atoms with Crippen molar-refractivity contribution in [1.29, 1.82) is 0 Å². The first-order valence-corrected chi connectivity index (χ1v) is 3.95. The molecule has 0 saturated carbocycles. The highest BCUT2D eigenvalue weighted by atomic mass is 14.8. The molecular formula is C10H10N2. The molecule has 2 nitrogen and oxygen atoms in total. The normalized spacial score (nSPS) is 10.5. The number of aryl methyl sites for hydroxylation is 2. The number of hydrogen-bond donors (Lipinski definition) is 0. The Kier molecular flexibility index (Phi) is 1.54. The molecule has 0 aliphatic carbocycles. The highest BCUT2D eigenvalue weighted by Gasteiger charge is 1.97. The topological polar surface area (TPSA) is 25.8 Å². The van der Waals surface area contributed by atoms with Crippen molar-refractivity contribution in [2.75, 3.05) is 0 Å². The highest BCUT2D eigenvalue weighted by molar-refractivity contribution is 5.80. The Hall–Kier alpha value is -1.44. The molecule has 1 aromatic carbocycles. The third-order valence-corrected chi connectivity index (χ3v) is 1.99. The average molecular weight is 158 g/mol. The highest BCUT2D eigenvalue weighted by Crippen LogP contribution is 2.14. The maximum atomic E-state index is 4.17. The van der Waals surface area contributed by atoms with E-state index >= 15 is 0 Å². The van der Waals surface area contributed by atoms with Gasteiger partial charge in [-0.3, -0.25) is 0 Å². The van der Waals surface area contributed by atoms with Gasteiger partial charge in [0.05, 0.1) is 5.52 Å². The van der Waals surface area contributed by atoms with Crippen LogP contribution in [-0.2, 0) is 0 Å². The van der Waals surface area contributed by atoms with E-state index in [4.69, 9.17) is 0 Å². The molecule has 0 amide bonds. The van der Waals surface area contributed by atoms with E-state index in [1.165, 1.54) is 5.56 Å². The van der Waals surface area contributed by atoms with E-state index < -0.39 is 0 Å². The van der Waals surface area contributed by atoms with Gasteiger partial charge in [0.25, 0.3) is 0 Å². The lowest BCUT2D eigenvalue weighted by atomic mass is 10.1. The molecule has 0 bridgehead atoms. The number of nitrogens with zero attached hydrogens (tertiary/aromatic N) is 2. The Bertz CT molecular complexity index is 421. The molecule has 0 saturated heterocycles. The van der Waals surface area contributed by atoms with Gasteiger partial charge in [0.2, 0.25) is 0 Å². The summed E-state index contributed by atoms with van der Waals surface area (Å²) < 4.78 is 0. The van der Waals surface area contributed by atoms with Crippen LogP contribution in [0.4, 0.5) is 0 Å². The van der Waals surface area contributed by atoms with E-state index in [9.17, 15) is 0 Å². The summed E-state index contributed by atoms with van der Waals surface area (Å²) in [5.41, 5.74) is 3.32. The molecule has 1 aromatic heterocycles. The molecule has 0 unspecified atom stereocenters. The van der Waals surface area contributed by atoms with Crippen molar-refractivity contribution < 1.29 is 0 Å². The SMILES string of the molecule is Cc1ccc2ncnc(C)c2c1. The summed E-state index contributed by atoms with van der Waals surface area (Å²) in [7, 11) is 0. The molecule has 2 aromatic rings. The van der Waals surface area contributed by atoms with Crippen LogP contribution in [0.25, 0.3) is 10.9 Å².